The third-order valence-electron chi connectivity index (χ3n) is 2.88. The maximum Gasteiger partial charge on any atom is 0.184 e. The molecule has 0 radical (unpaired) electrons. The summed E-state index contributed by atoms with van der Waals surface area (Å²) in [5, 5.41) is 0. The molecule has 0 aliphatic heterocycles. The topological polar surface area (TPSA) is 17.1 Å². The van der Waals surface area contributed by atoms with E-state index in [-0.39, 0.29) is 0 Å². The molecule has 1 rings (SSSR count). The summed E-state index contributed by atoms with van der Waals surface area (Å²) in [6.45, 7) is 12.6. The monoisotopic (exact) mass is 250 g/mol. The van der Waals surface area contributed by atoms with E-state index in [1.54, 1.807) is 0 Å². The van der Waals surface area contributed by atoms with Gasteiger partial charge >= 0.3 is 0 Å². The van der Waals surface area contributed by atoms with E-state index in [0.29, 0.717) is 11.4 Å². The third kappa shape index (κ3) is 3.64. The molecule has 0 N–H and O–H groups in total. The van der Waals surface area contributed by atoms with Crippen LogP contribution in [0.3, 0.4) is 0 Å². The van der Waals surface area contributed by atoms with E-state index in [9.17, 15) is 4.79 Å². The van der Waals surface area contributed by atoms with Crippen molar-refractivity contribution in [3.8, 4) is 0 Å². The van der Waals surface area contributed by atoms with Crippen molar-refractivity contribution in [2.24, 2.45) is 5.92 Å². The molecule has 0 saturated carbocycles. The van der Waals surface area contributed by atoms with E-state index in [0.717, 1.165) is 22.9 Å². The normalized spacial score (nSPS) is 12.9. The second kappa shape index (κ2) is 5.78. The zero-order valence-corrected chi connectivity index (χ0v) is 12.7. The lowest BCUT2D eigenvalue weighted by molar-refractivity contribution is 0.108. The molecule has 1 atom stereocenters. The minimum Gasteiger partial charge on any atom is -0.289 e. The molecule has 0 aliphatic carbocycles. The maximum absolute atomic E-state index is 12.5. The summed E-state index contributed by atoms with van der Waals surface area (Å²) in [5.74, 6) is 0.598. The van der Waals surface area contributed by atoms with Crippen molar-refractivity contribution in [3.63, 3.8) is 0 Å². The van der Waals surface area contributed by atoms with Crippen LogP contribution in [0, 0.1) is 26.7 Å². The van der Waals surface area contributed by atoms with Crippen molar-refractivity contribution in [1.82, 2.24) is 0 Å². The number of carbonyl (C=O) groups is 1. The predicted octanol–water partition coefficient (Wildman–Crippen LogP) is 4.52. The molecule has 1 aromatic carbocycles. The van der Waals surface area contributed by atoms with Gasteiger partial charge in [-0.1, -0.05) is 31.5 Å². The van der Waals surface area contributed by atoms with Gasteiger partial charge in [-0.3, -0.25) is 4.79 Å². The third-order valence-corrected chi connectivity index (χ3v) is 5.07. The Kier molecular flexibility index (Phi) is 4.89. The molecule has 17 heavy (non-hydrogen) atoms. The first kappa shape index (κ1) is 14.4. The summed E-state index contributed by atoms with van der Waals surface area (Å²) in [6, 6.07) is 4.22. The number of hydrogen-bond donors (Lipinski definition) is 0. The quantitative estimate of drug-likeness (QED) is 0.718. The lowest BCUT2D eigenvalue weighted by atomic mass is 10.0. The summed E-state index contributed by atoms with van der Waals surface area (Å²) >= 11 is 0. The van der Waals surface area contributed by atoms with Gasteiger partial charge in [-0.05, 0) is 58.6 Å². The van der Waals surface area contributed by atoms with E-state index in [1.807, 2.05) is 13.8 Å². The smallest absolute Gasteiger partial charge is 0.184 e. The van der Waals surface area contributed by atoms with Crippen molar-refractivity contribution in [1.29, 1.82) is 0 Å². The molecular formula is C15H23OP. The number of carbonyl (C=O) groups excluding carboxylic acids is 1. The van der Waals surface area contributed by atoms with Crippen molar-refractivity contribution >= 4 is 13.4 Å². The molecule has 0 amide bonds. The Morgan fingerprint density at radius 3 is 2.06 bits per heavy atom. The Morgan fingerprint density at radius 2 is 1.65 bits per heavy atom. The van der Waals surface area contributed by atoms with E-state index in [4.69, 9.17) is 0 Å². The fourth-order valence-corrected chi connectivity index (χ4v) is 4.33. The lowest BCUT2D eigenvalue weighted by Crippen LogP contribution is -2.07. The van der Waals surface area contributed by atoms with Gasteiger partial charge in [-0.25, -0.2) is 0 Å². The second-order valence-corrected chi connectivity index (χ2v) is 7.52. The number of aryl methyl sites for hydroxylation is 3. The molecule has 0 fully saturated rings. The van der Waals surface area contributed by atoms with Crippen LogP contribution in [0.25, 0.3) is 0 Å². The summed E-state index contributed by atoms with van der Waals surface area (Å²) in [6.07, 6.45) is 1.03. The fraction of sp³-hybridized carbons (Fsp3) is 0.533. The van der Waals surface area contributed by atoms with Gasteiger partial charge in [0.2, 0.25) is 0 Å². The first-order chi connectivity index (χ1) is 7.82. The molecule has 2 heteroatoms. The van der Waals surface area contributed by atoms with E-state index in [2.05, 4.69) is 39.6 Å². The largest absolute Gasteiger partial charge is 0.289 e. The summed E-state index contributed by atoms with van der Waals surface area (Å²) in [5.41, 5.74) is 4.82. The highest BCUT2D eigenvalue weighted by atomic mass is 31.1. The van der Waals surface area contributed by atoms with E-state index in [1.165, 1.54) is 5.56 Å². The van der Waals surface area contributed by atoms with Crippen molar-refractivity contribution in [2.45, 2.75) is 34.6 Å². The van der Waals surface area contributed by atoms with Crippen LogP contribution in [0.4, 0.5) is 0 Å². The molecule has 0 aliphatic rings. The van der Waals surface area contributed by atoms with Crippen LogP contribution in [0.2, 0.25) is 0 Å². The van der Waals surface area contributed by atoms with Crippen molar-refractivity contribution in [2.75, 3.05) is 12.8 Å². The van der Waals surface area contributed by atoms with Gasteiger partial charge in [0, 0.05) is 5.56 Å². The van der Waals surface area contributed by atoms with Crippen molar-refractivity contribution in [3.05, 3.63) is 34.4 Å². The molecule has 0 saturated heterocycles. The van der Waals surface area contributed by atoms with Gasteiger partial charge in [0.05, 0.1) is 0 Å². The zero-order chi connectivity index (χ0) is 13.2. The van der Waals surface area contributed by atoms with Gasteiger partial charge in [-0.2, -0.15) is 0 Å². The Bertz CT molecular complexity index is 398. The SMILES string of the molecule is Cc1cc(C)c(C(=O)P(C)CC(C)C)c(C)c1. The number of rotatable bonds is 4. The molecule has 0 aromatic heterocycles. The molecular weight excluding hydrogens is 227 g/mol. The van der Waals surface area contributed by atoms with E-state index >= 15 is 0 Å². The molecule has 0 bridgehead atoms. The minimum atomic E-state index is -0.538. The van der Waals surface area contributed by atoms with Gasteiger partial charge < -0.3 is 0 Å². The first-order valence-electron chi connectivity index (χ1n) is 6.16. The van der Waals surface area contributed by atoms with Crippen LogP contribution in [-0.2, 0) is 0 Å². The van der Waals surface area contributed by atoms with E-state index < -0.39 is 7.92 Å². The standard InChI is InChI=1S/C15H23OP/c1-10(2)9-17(6)15(16)14-12(4)7-11(3)8-13(14)5/h7-8,10H,9H2,1-6H3. The highest BCUT2D eigenvalue weighted by Crippen LogP contribution is 2.39. The summed E-state index contributed by atoms with van der Waals surface area (Å²) in [7, 11) is -0.538. The minimum absolute atomic E-state index is 0.365. The highest BCUT2D eigenvalue weighted by molar-refractivity contribution is 7.74. The van der Waals surface area contributed by atoms with Gasteiger partial charge in [0.25, 0.3) is 0 Å². The molecule has 1 unspecified atom stereocenters. The van der Waals surface area contributed by atoms with Crippen LogP contribution in [-0.4, -0.2) is 18.4 Å². The number of hydrogen-bond acceptors (Lipinski definition) is 1. The van der Waals surface area contributed by atoms with Crippen LogP contribution in [0.5, 0.6) is 0 Å². The molecule has 94 valence electrons. The summed E-state index contributed by atoms with van der Waals surface area (Å²) in [4.78, 5) is 12.5. The van der Waals surface area contributed by atoms with Gasteiger partial charge in [0.1, 0.15) is 0 Å². The molecule has 0 spiro atoms. The van der Waals surface area contributed by atoms with Crippen LogP contribution in [0.1, 0.15) is 40.9 Å². The van der Waals surface area contributed by atoms with Crippen molar-refractivity contribution < 1.29 is 4.79 Å². The predicted molar refractivity (Wildman–Crippen MR) is 77.5 cm³/mol. The Labute approximate surface area is 106 Å². The maximum atomic E-state index is 12.5. The Balaban J connectivity index is 3.04. The Hall–Kier alpha value is -0.680. The Morgan fingerprint density at radius 1 is 1.18 bits per heavy atom. The zero-order valence-electron chi connectivity index (χ0n) is 11.8. The number of benzene rings is 1. The molecule has 1 nitrogen and oxygen atoms in total. The second-order valence-electron chi connectivity index (χ2n) is 5.35. The fourth-order valence-electron chi connectivity index (χ4n) is 2.34. The first-order valence-corrected chi connectivity index (χ1v) is 8.13. The lowest BCUT2D eigenvalue weighted by Gasteiger charge is -2.17. The average molecular weight is 250 g/mol. The van der Waals surface area contributed by atoms with Gasteiger partial charge in [-0.15, -0.1) is 0 Å². The van der Waals surface area contributed by atoms with Crippen LogP contribution in [0.15, 0.2) is 12.1 Å². The van der Waals surface area contributed by atoms with Crippen LogP contribution < -0.4 is 0 Å². The molecule has 1 aromatic rings. The molecule has 0 heterocycles. The highest BCUT2D eigenvalue weighted by Gasteiger charge is 2.19. The van der Waals surface area contributed by atoms with Gasteiger partial charge in [0.15, 0.2) is 5.52 Å². The average Bonchev–Trinajstić information content (AvgIpc) is 2.14. The summed E-state index contributed by atoms with van der Waals surface area (Å²) < 4.78 is 0. The van der Waals surface area contributed by atoms with Crippen LogP contribution >= 0.6 is 7.92 Å².